The van der Waals surface area contributed by atoms with Crippen molar-refractivity contribution in [2.24, 2.45) is 0 Å². The SMILES string of the molecule is CC(C)(C(=O)N1CCCC(N2CCNCC2=O)C1)c1ccc(Cl)cc1.Cl. The van der Waals surface area contributed by atoms with Gasteiger partial charge >= 0.3 is 0 Å². The molecule has 144 valence electrons. The minimum absolute atomic E-state index is 0. The summed E-state index contributed by atoms with van der Waals surface area (Å²) in [5.41, 5.74) is 0.349. The van der Waals surface area contributed by atoms with Gasteiger partial charge in [0.25, 0.3) is 0 Å². The van der Waals surface area contributed by atoms with Crippen molar-refractivity contribution < 1.29 is 9.59 Å². The first-order chi connectivity index (χ1) is 11.9. The van der Waals surface area contributed by atoms with E-state index in [4.69, 9.17) is 11.6 Å². The molecule has 0 aliphatic carbocycles. The molecule has 0 saturated carbocycles. The second-order valence-electron chi connectivity index (χ2n) is 7.44. The molecule has 0 radical (unpaired) electrons. The fraction of sp³-hybridized carbons (Fsp3) is 0.579. The van der Waals surface area contributed by atoms with Crippen LogP contribution in [0.25, 0.3) is 0 Å². The number of halogens is 2. The van der Waals surface area contributed by atoms with Crippen LogP contribution in [0.4, 0.5) is 0 Å². The molecule has 5 nitrogen and oxygen atoms in total. The second-order valence-corrected chi connectivity index (χ2v) is 7.88. The third kappa shape index (κ3) is 4.33. The number of carbonyl (C=O) groups excluding carboxylic acids is 2. The lowest BCUT2D eigenvalue weighted by atomic mass is 9.82. The van der Waals surface area contributed by atoms with Crippen LogP contribution in [0.3, 0.4) is 0 Å². The lowest BCUT2D eigenvalue weighted by Crippen LogP contribution is -2.58. The number of hydrogen-bond donors (Lipinski definition) is 1. The molecule has 2 aliphatic rings. The molecule has 2 amide bonds. The van der Waals surface area contributed by atoms with E-state index >= 15 is 0 Å². The van der Waals surface area contributed by atoms with Crippen molar-refractivity contribution in [3.05, 3.63) is 34.9 Å². The summed E-state index contributed by atoms with van der Waals surface area (Å²) in [6.45, 7) is 7.25. The van der Waals surface area contributed by atoms with Crippen molar-refractivity contribution in [1.29, 1.82) is 0 Å². The minimum Gasteiger partial charge on any atom is -0.340 e. The van der Waals surface area contributed by atoms with Crippen LogP contribution in [0.15, 0.2) is 24.3 Å². The van der Waals surface area contributed by atoms with Crippen LogP contribution in [0.2, 0.25) is 5.02 Å². The van der Waals surface area contributed by atoms with E-state index in [-0.39, 0.29) is 30.3 Å². The minimum atomic E-state index is -0.611. The first-order valence-corrected chi connectivity index (χ1v) is 9.33. The van der Waals surface area contributed by atoms with E-state index in [1.807, 2.05) is 47.9 Å². The molecule has 0 aromatic heterocycles. The molecule has 3 rings (SSSR count). The summed E-state index contributed by atoms with van der Waals surface area (Å²) < 4.78 is 0. The lowest BCUT2D eigenvalue weighted by Gasteiger charge is -2.43. The van der Waals surface area contributed by atoms with Crippen molar-refractivity contribution in [1.82, 2.24) is 15.1 Å². The van der Waals surface area contributed by atoms with Crippen molar-refractivity contribution in [2.75, 3.05) is 32.7 Å². The maximum Gasteiger partial charge on any atom is 0.236 e. The summed E-state index contributed by atoms with van der Waals surface area (Å²) in [5, 5.41) is 3.77. The van der Waals surface area contributed by atoms with E-state index in [1.165, 1.54) is 0 Å². The lowest BCUT2D eigenvalue weighted by molar-refractivity contribution is -0.143. The molecule has 7 heteroatoms. The van der Waals surface area contributed by atoms with Crippen LogP contribution in [0.5, 0.6) is 0 Å². The Morgan fingerprint density at radius 1 is 1.23 bits per heavy atom. The van der Waals surface area contributed by atoms with E-state index in [1.54, 1.807) is 0 Å². The van der Waals surface area contributed by atoms with Gasteiger partial charge in [-0.3, -0.25) is 9.59 Å². The monoisotopic (exact) mass is 399 g/mol. The van der Waals surface area contributed by atoms with Gasteiger partial charge in [-0.1, -0.05) is 23.7 Å². The van der Waals surface area contributed by atoms with Crippen LogP contribution >= 0.6 is 24.0 Å². The van der Waals surface area contributed by atoms with Crippen LogP contribution < -0.4 is 5.32 Å². The summed E-state index contributed by atoms with van der Waals surface area (Å²) >= 11 is 5.97. The Morgan fingerprint density at radius 2 is 1.92 bits per heavy atom. The number of piperidine rings is 1. The van der Waals surface area contributed by atoms with Gasteiger partial charge < -0.3 is 15.1 Å². The normalized spacial score (nSPS) is 21.3. The molecular weight excluding hydrogens is 373 g/mol. The fourth-order valence-corrected chi connectivity index (χ4v) is 3.91. The topological polar surface area (TPSA) is 52.7 Å². The van der Waals surface area contributed by atoms with Crippen molar-refractivity contribution >= 4 is 35.8 Å². The van der Waals surface area contributed by atoms with Gasteiger partial charge in [0.2, 0.25) is 11.8 Å². The molecule has 1 aromatic rings. The molecular formula is C19H27Cl2N3O2. The van der Waals surface area contributed by atoms with Gasteiger partial charge in [-0.15, -0.1) is 12.4 Å². The molecule has 0 bridgehead atoms. The number of rotatable bonds is 3. The van der Waals surface area contributed by atoms with Gasteiger partial charge in [0.05, 0.1) is 12.0 Å². The molecule has 1 atom stereocenters. The van der Waals surface area contributed by atoms with E-state index in [0.717, 1.165) is 38.0 Å². The number of benzene rings is 1. The number of amides is 2. The number of nitrogens with one attached hydrogen (secondary N) is 1. The average molecular weight is 400 g/mol. The number of carbonyl (C=O) groups is 2. The third-order valence-electron chi connectivity index (χ3n) is 5.35. The van der Waals surface area contributed by atoms with Gasteiger partial charge in [0, 0.05) is 37.2 Å². The number of hydrogen-bond acceptors (Lipinski definition) is 3. The quantitative estimate of drug-likeness (QED) is 0.848. The van der Waals surface area contributed by atoms with Crippen LogP contribution in [0.1, 0.15) is 32.3 Å². The zero-order valence-corrected chi connectivity index (χ0v) is 16.9. The molecule has 0 spiro atoms. The van der Waals surface area contributed by atoms with Crippen LogP contribution in [-0.4, -0.2) is 60.4 Å². The zero-order valence-electron chi connectivity index (χ0n) is 15.3. The summed E-state index contributed by atoms with van der Waals surface area (Å²) in [6, 6.07) is 7.62. The van der Waals surface area contributed by atoms with Gasteiger partial charge in [0.1, 0.15) is 0 Å². The zero-order chi connectivity index (χ0) is 18.0. The smallest absolute Gasteiger partial charge is 0.236 e. The first kappa shape index (κ1) is 21.0. The summed E-state index contributed by atoms with van der Waals surface area (Å²) in [4.78, 5) is 29.2. The van der Waals surface area contributed by atoms with E-state index in [0.29, 0.717) is 18.1 Å². The molecule has 2 aliphatic heterocycles. The molecule has 1 aromatic carbocycles. The molecule has 2 saturated heterocycles. The Kier molecular flexibility index (Phi) is 6.94. The maximum atomic E-state index is 13.2. The largest absolute Gasteiger partial charge is 0.340 e. The van der Waals surface area contributed by atoms with Crippen molar-refractivity contribution in [3.63, 3.8) is 0 Å². The first-order valence-electron chi connectivity index (χ1n) is 8.95. The van der Waals surface area contributed by atoms with Crippen molar-refractivity contribution in [3.8, 4) is 0 Å². The molecule has 1 N–H and O–H groups in total. The fourth-order valence-electron chi connectivity index (χ4n) is 3.79. The summed E-state index contributed by atoms with van der Waals surface area (Å²) in [6.07, 6.45) is 1.90. The highest BCUT2D eigenvalue weighted by molar-refractivity contribution is 6.30. The number of nitrogens with zero attached hydrogens (tertiary/aromatic N) is 2. The third-order valence-corrected chi connectivity index (χ3v) is 5.60. The Labute approximate surface area is 166 Å². The predicted octanol–water partition coefficient (Wildman–Crippen LogP) is 2.46. The Bertz CT molecular complexity index is 649. The van der Waals surface area contributed by atoms with Gasteiger partial charge in [0.15, 0.2) is 0 Å². The summed E-state index contributed by atoms with van der Waals surface area (Å²) in [5.74, 6) is 0.254. The second kappa shape index (κ2) is 8.59. The maximum absolute atomic E-state index is 13.2. The molecule has 1 unspecified atom stereocenters. The highest BCUT2D eigenvalue weighted by Gasteiger charge is 2.38. The highest BCUT2D eigenvalue weighted by Crippen LogP contribution is 2.29. The Morgan fingerprint density at radius 3 is 2.58 bits per heavy atom. The molecule has 2 heterocycles. The highest BCUT2D eigenvalue weighted by atomic mass is 35.5. The Hall–Kier alpha value is -1.30. The van der Waals surface area contributed by atoms with Crippen LogP contribution in [0, 0.1) is 0 Å². The average Bonchev–Trinajstić information content (AvgIpc) is 2.62. The van der Waals surface area contributed by atoms with E-state index in [9.17, 15) is 9.59 Å². The van der Waals surface area contributed by atoms with Gasteiger partial charge in [-0.05, 0) is 44.4 Å². The number of piperazine rings is 1. The van der Waals surface area contributed by atoms with Gasteiger partial charge in [-0.25, -0.2) is 0 Å². The standard InChI is InChI=1S/C19H26ClN3O2.ClH/c1-19(2,14-5-7-15(20)8-6-14)18(25)22-10-3-4-16(13-22)23-11-9-21-12-17(23)24;/h5-8,16,21H,3-4,9-13H2,1-2H3;1H. The molecule has 26 heavy (non-hydrogen) atoms. The van der Waals surface area contributed by atoms with E-state index in [2.05, 4.69) is 5.32 Å². The van der Waals surface area contributed by atoms with Crippen LogP contribution in [-0.2, 0) is 15.0 Å². The van der Waals surface area contributed by atoms with Crippen molar-refractivity contribution in [2.45, 2.75) is 38.1 Å². The summed E-state index contributed by atoms with van der Waals surface area (Å²) in [7, 11) is 0. The number of likely N-dealkylation sites (tertiary alicyclic amines) is 1. The van der Waals surface area contributed by atoms with E-state index < -0.39 is 5.41 Å². The Balaban J connectivity index is 0.00000243. The predicted molar refractivity (Wildman–Crippen MR) is 106 cm³/mol. The van der Waals surface area contributed by atoms with Gasteiger partial charge in [-0.2, -0.15) is 0 Å². The molecule has 2 fully saturated rings.